The molecule has 0 amide bonds. The number of fused-ring (bicyclic) bond motifs is 1. The monoisotopic (exact) mass is 490 g/mol. The van der Waals surface area contributed by atoms with E-state index in [4.69, 9.17) is 0 Å². The van der Waals surface area contributed by atoms with Gasteiger partial charge in [-0.1, -0.05) is 42.5 Å². The van der Waals surface area contributed by atoms with E-state index in [2.05, 4.69) is 11.3 Å². The summed E-state index contributed by atoms with van der Waals surface area (Å²) in [5.74, 6) is -5.52. The normalized spacial score (nSPS) is 11.6. The minimum atomic E-state index is -5.13. The summed E-state index contributed by atoms with van der Waals surface area (Å²) in [5.41, 5.74) is -0.147. The van der Waals surface area contributed by atoms with Crippen molar-refractivity contribution in [3.05, 3.63) is 102 Å². The van der Waals surface area contributed by atoms with Gasteiger partial charge in [-0.3, -0.25) is 0 Å². The second kappa shape index (κ2) is 9.44. The lowest BCUT2D eigenvalue weighted by atomic mass is 9.95. The summed E-state index contributed by atoms with van der Waals surface area (Å²) in [6.07, 6.45) is -1.85. The fraction of sp³-hybridized carbons (Fsp3) is 0.111. The molecule has 0 atom stereocenters. The molecular formula is C27H17F7O. The van der Waals surface area contributed by atoms with Gasteiger partial charge in [-0.15, -0.1) is 19.8 Å². The summed E-state index contributed by atoms with van der Waals surface area (Å²) < 4.78 is 99.6. The lowest BCUT2D eigenvalue weighted by Crippen LogP contribution is -2.17. The van der Waals surface area contributed by atoms with Crippen molar-refractivity contribution in [2.45, 2.75) is 19.2 Å². The van der Waals surface area contributed by atoms with Crippen LogP contribution in [0.15, 0.2) is 73.3 Å². The van der Waals surface area contributed by atoms with Gasteiger partial charge in [-0.05, 0) is 59.2 Å². The molecule has 0 heterocycles. The van der Waals surface area contributed by atoms with Gasteiger partial charge in [0.05, 0.1) is 5.56 Å². The molecule has 35 heavy (non-hydrogen) atoms. The van der Waals surface area contributed by atoms with Crippen molar-refractivity contribution in [3.63, 3.8) is 0 Å². The molecule has 1 nitrogen and oxygen atoms in total. The van der Waals surface area contributed by atoms with Crippen LogP contribution in [-0.2, 0) is 6.42 Å². The number of benzene rings is 4. The molecule has 4 rings (SSSR count). The van der Waals surface area contributed by atoms with Gasteiger partial charge < -0.3 is 4.74 Å². The highest BCUT2D eigenvalue weighted by molar-refractivity contribution is 5.89. The van der Waals surface area contributed by atoms with Gasteiger partial charge in [0.25, 0.3) is 0 Å². The maximum absolute atomic E-state index is 15.2. The molecule has 8 heteroatoms. The zero-order valence-electron chi connectivity index (χ0n) is 18.0. The smallest absolute Gasteiger partial charge is 0.403 e. The average Bonchev–Trinajstić information content (AvgIpc) is 2.78. The third-order valence-corrected chi connectivity index (χ3v) is 5.45. The molecule has 180 valence electrons. The van der Waals surface area contributed by atoms with Crippen molar-refractivity contribution >= 4 is 10.8 Å². The fourth-order valence-corrected chi connectivity index (χ4v) is 3.86. The van der Waals surface area contributed by atoms with Crippen molar-refractivity contribution in [2.24, 2.45) is 0 Å². The number of halogens is 7. The molecule has 4 aromatic carbocycles. The number of ether oxygens (including phenoxy) is 1. The number of hydrogen-bond acceptors (Lipinski definition) is 1. The van der Waals surface area contributed by atoms with Crippen LogP contribution in [0, 0.1) is 23.3 Å². The molecule has 0 aliphatic rings. The minimum Gasteiger partial charge on any atom is -0.403 e. The Kier molecular flexibility index (Phi) is 6.56. The topological polar surface area (TPSA) is 9.23 Å². The fourth-order valence-electron chi connectivity index (χ4n) is 3.86. The number of rotatable bonds is 6. The van der Waals surface area contributed by atoms with Crippen LogP contribution in [0.25, 0.3) is 33.0 Å². The maximum Gasteiger partial charge on any atom is 0.573 e. The molecule has 0 aromatic heterocycles. The minimum absolute atomic E-state index is 0.0409. The first-order valence-electron chi connectivity index (χ1n) is 10.4. The summed E-state index contributed by atoms with van der Waals surface area (Å²) in [7, 11) is 0. The predicted molar refractivity (Wildman–Crippen MR) is 120 cm³/mol. The van der Waals surface area contributed by atoms with Crippen LogP contribution >= 0.6 is 0 Å². The largest absolute Gasteiger partial charge is 0.573 e. The second-order valence-electron chi connectivity index (χ2n) is 7.82. The van der Waals surface area contributed by atoms with Crippen LogP contribution < -0.4 is 4.74 Å². The Morgan fingerprint density at radius 3 is 2.09 bits per heavy atom. The van der Waals surface area contributed by atoms with Gasteiger partial charge in [-0.2, -0.15) is 0 Å². The molecule has 0 radical (unpaired) electrons. The van der Waals surface area contributed by atoms with E-state index < -0.39 is 40.9 Å². The third-order valence-electron chi connectivity index (χ3n) is 5.45. The second-order valence-corrected chi connectivity index (χ2v) is 7.82. The number of hydrogen-bond donors (Lipinski definition) is 0. The van der Waals surface area contributed by atoms with E-state index in [-0.39, 0.29) is 22.1 Å². The first kappa shape index (κ1) is 24.3. The Bertz CT molecular complexity index is 1400. The van der Waals surface area contributed by atoms with Gasteiger partial charge in [0.15, 0.2) is 11.6 Å². The molecule has 0 aliphatic heterocycles. The molecule has 0 saturated heterocycles. The molecular weight excluding hydrogens is 473 g/mol. The van der Waals surface area contributed by atoms with E-state index in [1.54, 1.807) is 24.3 Å². The van der Waals surface area contributed by atoms with E-state index in [0.717, 1.165) is 36.6 Å². The van der Waals surface area contributed by atoms with Crippen LogP contribution in [0.4, 0.5) is 30.7 Å². The van der Waals surface area contributed by atoms with Crippen LogP contribution in [0.5, 0.6) is 5.75 Å². The molecule has 0 fully saturated rings. The zero-order chi connectivity index (χ0) is 25.3. The van der Waals surface area contributed by atoms with Gasteiger partial charge in [-0.25, -0.2) is 17.6 Å². The van der Waals surface area contributed by atoms with Crippen LogP contribution in [0.1, 0.15) is 12.0 Å². The molecule has 4 aromatic rings. The summed E-state index contributed by atoms with van der Waals surface area (Å²) in [5, 5.41) is 0.902. The Morgan fingerprint density at radius 2 is 1.46 bits per heavy atom. The molecule has 0 saturated carbocycles. The van der Waals surface area contributed by atoms with E-state index >= 15 is 4.39 Å². The quantitative estimate of drug-likeness (QED) is 0.194. The lowest BCUT2D eigenvalue weighted by molar-refractivity contribution is -0.275. The highest BCUT2D eigenvalue weighted by Gasteiger charge is 2.32. The number of alkyl halides is 3. The standard InChI is InChI=1S/C27H17F7O/c1-2-3-4-15-5-8-19-16(11-15)6-9-20(26(19)31)18-13-22(29)25(23(30)14-18)17-7-10-24(21(28)12-17)35-27(32,33)34/h2,5-14H,1,3-4H2. The Balaban J connectivity index is 1.71. The molecule has 0 unspecified atom stereocenters. The average molecular weight is 490 g/mol. The Morgan fingerprint density at radius 1 is 0.771 bits per heavy atom. The number of allylic oxidation sites excluding steroid dienone is 1. The molecule has 0 N–H and O–H groups in total. The van der Waals surface area contributed by atoms with Crippen LogP contribution in [0.2, 0.25) is 0 Å². The molecule has 0 spiro atoms. The van der Waals surface area contributed by atoms with E-state index in [1.807, 2.05) is 6.07 Å². The first-order chi connectivity index (χ1) is 16.6. The Hall–Kier alpha value is -3.81. The SMILES string of the molecule is C=CCCc1ccc2c(F)c(-c3cc(F)c(-c4ccc(OC(F)(F)F)c(F)c4)c(F)c3)ccc2c1. The predicted octanol–water partition coefficient (Wildman–Crippen LogP) is 8.75. The van der Waals surface area contributed by atoms with E-state index in [1.165, 1.54) is 6.07 Å². The van der Waals surface area contributed by atoms with Crippen molar-refractivity contribution in [3.8, 4) is 28.0 Å². The summed E-state index contributed by atoms with van der Waals surface area (Å²) in [6.45, 7) is 3.67. The van der Waals surface area contributed by atoms with Crippen molar-refractivity contribution in [2.75, 3.05) is 0 Å². The molecule has 0 aliphatic carbocycles. The van der Waals surface area contributed by atoms with Gasteiger partial charge in [0.1, 0.15) is 17.5 Å². The highest BCUT2D eigenvalue weighted by Crippen LogP contribution is 2.36. The summed E-state index contributed by atoms with van der Waals surface area (Å²) in [6, 6.07) is 12.1. The van der Waals surface area contributed by atoms with Gasteiger partial charge >= 0.3 is 6.36 Å². The van der Waals surface area contributed by atoms with Crippen molar-refractivity contribution in [1.82, 2.24) is 0 Å². The molecule has 0 bridgehead atoms. The lowest BCUT2D eigenvalue weighted by Gasteiger charge is -2.13. The number of aryl methyl sites for hydroxylation is 1. The summed E-state index contributed by atoms with van der Waals surface area (Å²) >= 11 is 0. The summed E-state index contributed by atoms with van der Waals surface area (Å²) in [4.78, 5) is 0. The third kappa shape index (κ3) is 5.16. The van der Waals surface area contributed by atoms with E-state index in [9.17, 15) is 26.3 Å². The van der Waals surface area contributed by atoms with Crippen molar-refractivity contribution < 1.29 is 35.5 Å². The van der Waals surface area contributed by atoms with Crippen molar-refractivity contribution in [1.29, 1.82) is 0 Å². The Labute approximate surface area is 196 Å². The maximum atomic E-state index is 15.2. The first-order valence-corrected chi connectivity index (χ1v) is 10.4. The van der Waals surface area contributed by atoms with Gasteiger partial charge in [0, 0.05) is 10.9 Å². The highest BCUT2D eigenvalue weighted by atomic mass is 19.4. The van der Waals surface area contributed by atoms with Crippen LogP contribution in [-0.4, -0.2) is 6.36 Å². The zero-order valence-corrected chi connectivity index (χ0v) is 18.0. The van der Waals surface area contributed by atoms with Crippen LogP contribution in [0.3, 0.4) is 0 Å². The van der Waals surface area contributed by atoms with Gasteiger partial charge in [0.2, 0.25) is 0 Å². The van der Waals surface area contributed by atoms with E-state index in [0.29, 0.717) is 17.5 Å².